The predicted molar refractivity (Wildman–Crippen MR) is 57.8 cm³/mol. The number of hydrogen-bond acceptors (Lipinski definition) is 3. The van der Waals surface area contributed by atoms with Crippen molar-refractivity contribution in [3.63, 3.8) is 0 Å². The van der Waals surface area contributed by atoms with Crippen molar-refractivity contribution in [3.8, 4) is 0 Å². The van der Waals surface area contributed by atoms with E-state index in [-0.39, 0.29) is 5.41 Å². The number of aliphatic carboxylic acids is 1. The summed E-state index contributed by atoms with van der Waals surface area (Å²) in [6, 6.07) is 0. The summed E-state index contributed by atoms with van der Waals surface area (Å²) >= 11 is 0. The molecule has 1 atom stereocenters. The van der Waals surface area contributed by atoms with Crippen LogP contribution in [0.5, 0.6) is 0 Å². The van der Waals surface area contributed by atoms with Gasteiger partial charge in [-0.15, -0.1) is 0 Å². The van der Waals surface area contributed by atoms with E-state index in [4.69, 9.17) is 0 Å². The van der Waals surface area contributed by atoms with Crippen molar-refractivity contribution in [3.05, 3.63) is 0 Å². The molecule has 0 aromatic heterocycles. The van der Waals surface area contributed by atoms with Gasteiger partial charge in [0.1, 0.15) is 5.54 Å². The molecule has 1 unspecified atom stereocenters. The molecule has 4 heteroatoms. The Balaban J connectivity index is 2.21. The van der Waals surface area contributed by atoms with E-state index in [1.54, 1.807) is 0 Å². The third kappa shape index (κ3) is 1.56. The molecule has 4 nitrogen and oxygen atoms in total. The zero-order valence-corrected chi connectivity index (χ0v) is 9.55. The summed E-state index contributed by atoms with van der Waals surface area (Å²) < 4.78 is 0. The first kappa shape index (κ1) is 10.9. The monoisotopic (exact) mass is 212 g/mol. The van der Waals surface area contributed by atoms with Gasteiger partial charge in [0, 0.05) is 26.2 Å². The van der Waals surface area contributed by atoms with Gasteiger partial charge in [-0.2, -0.15) is 0 Å². The van der Waals surface area contributed by atoms with Gasteiger partial charge in [-0.25, -0.2) is 0 Å². The normalized spacial score (nSPS) is 29.5. The van der Waals surface area contributed by atoms with Gasteiger partial charge in [-0.1, -0.05) is 6.92 Å². The predicted octanol–water partition coefficient (Wildman–Crippen LogP) is 0.535. The first-order valence-corrected chi connectivity index (χ1v) is 5.70. The summed E-state index contributed by atoms with van der Waals surface area (Å²) in [6.45, 7) is 7.49. The highest BCUT2D eigenvalue weighted by Gasteiger charge is 2.60. The van der Waals surface area contributed by atoms with Gasteiger partial charge in [0.15, 0.2) is 0 Å². The van der Waals surface area contributed by atoms with Crippen LogP contribution in [0.3, 0.4) is 0 Å². The molecule has 0 aromatic carbocycles. The van der Waals surface area contributed by atoms with E-state index in [1.165, 1.54) is 0 Å². The topological polar surface area (TPSA) is 52.6 Å². The highest BCUT2D eigenvalue weighted by Crippen LogP contribution is 2.56. The molecule has 0 bridgehead atoms. The Hall–Kier alpha value is -0.610. The molecule has 1 aliphatic heterocycles. The maximum Gasteiger partial charge on any atom is 0.324 e. The quantitative estimate of drug-likeness (QED) is 0.716. The molecule has 2 fully saturated rings. The fourth-order valence-electron chi connectivity index (χ4n) is 2.56. The molecule has 2 aliphatic rings. The lowest BCUT2D eigenvalue weighted by atomic mass is 9.81. The summed E-state index contributed by atoms with van der Waals surface area (Å²) in [4.78, 5) is 13.7. The van der Waals surface area contributed by atoms with Crippen molar-refractivity contribution in [2.45, 2.75) is 32.2 Å². The summed E-state index contributed by atoms with van der Waals surface area (Å²) in [5.74, 6) is -0.663. The van der Waals surface area contributed by atoms with Crippen LogP contribution >= 0.6 is 0 Å². The molecule has 1 aliphatic carbocycles. The average Bonchev–Trinajstić information content (AvgIpc) is 2.98. The van der Waals surface area contributed by atoms with Gasteiger partial charge in [0.25, 0.3) is 0 Å². The lowest BCUT2D eigenvalue weighted by molar-refractivity contribution is -0.156. The lowest BCUT2D eigenvalue weighted by Gasteiger charge is -2.44. The average molecular weight is 212 g/mol. The summed E-state index contributed by atoms with van der Waals surface area (Å²) in [7, 11) is 0. The Bertz CT molecular complexity index is 270. The number of nitrogens with one attached hydrogen (secondary N) is 1. The number of rotatable bonds is 3. The van der Waals surface area contributed by atoms with E-state index in [1.807, 2.05) is 6.92 Å². The number of piperazine rings is 1. The van der Waals surface area contributed by atoms with Gasteiger partial charge in [0.05, 0.1) is 0 Å². The second-order valence-electron chi connectivity index (χ2n) is 5.18. The van der Waals surface area contributed by atoms with Crippen LogP contribution in [-0.4, -0.2) is 47.7 Å². The maximum absolute atomic E-state index is 11.5. The minimum Gasteiger partial charge on any atom is -0.480 e. The van der Waals surface area contributed by atoms with Crippen LogP contribution in [0.2, 0.25) is 0 Å². The van der Waals surface area contributed by atoms with Crippen molar-refractivity contribution < 1.29 is 9.90 Å². The molecular weight excluding hydrogens is 192 g/mol. The molecule has 0 spiro atoms. The van der Waals surface area contributed by atoms with E-state index in [0.717, 1.165) is 39.0 Å². The lowest BCUT2D eigenvalue weighted by Crippen LogP contribution is -2.62. The molecule has 2 rings (SSSR count). The molecule has 0 radical (unpaired) electrons. The molecule has 1 saturated carbocycles. The second kappa shape index (κ2) is 3.46. The Kier molecular flexibility index (Phi) is 2.51. The molecular formula is C11H20N2O2. The molecule has 86 valence electrons. The standard InChI is InChI=1S/C11H20N2O2/c1-10(3-4-10)11(2,9(14)15)13-7-5-12-6-8-13/h12H,3-8H2,1-2H3,(H,14,15). The first-order chi connectivity index (χ1) is 7.01. The van der Waals surface area contributed by atoms with Crippen LogP contribution in [0.4, 0.5) is 0 Å². The highest BCUT2D eigenvalue weighted by atomic mass is 16.4. The fraction of sp³-hybridized carbons (Fsp3) is 0.909. The fourth-order valence-corrected chi connectivity index (χ4v) is 2.56. The molecule has 0 aromatic rings. The van der Waals surface area contributed by atoms with Gasteiger partial charge in [0.2, 0.25) is 0 Å². The molecule has 2 N–H and O–H groups in total. The third-order valence-corrected chi connectivity index (χ3v) is 4.34. The van der Waals surface area contributed by atoms with Gasteiger partial charge in [-0.3, -0.25) is 9.69 Å². The number of carboxylic acid groups (broad SMARTS) is 1. The minimum absolute atomic E-state index is 0.0177. The molecule has 1 heterocycles. The summed E-state index contributed by atoms with van der Waals surface area (Å²) in [5.41, 5.74) is -0.689. The largest absolute Gasteiger partial charge is 0.480 e. The van der Waals surface area contributed by atoms with Gasteiger partial charge < -0.3 is 10.4 Å². The van der Waals surface area contributed by atoms with E-state index < -0.39 is 11.5 Å². The Morgan fingerprint density at radius 2 is 1.93 bits per heavy atom. The number of hydrogen-bond donors (Lipinski definition) is 2. The van der Waals surface area contributed by atoms with Crippen LogP contribution in [0.1, 0.15) is 26.7 Å². The van der Waals surface area contributed by atoms with Crippen molar-refractivity contribution in [2.75, 3.05) is 26.2 Å². The van der Waals surface area contributed by atoms with Crippen molar-refractivity contribution in [2.24, 2.45) is 5.41 Å². The Morgan fingerprint density at radius 1 is 1.40 bits per heavy atom. The van der Waals surface area contributed by atoms with Gasteiger partial charge in [-0.05, 0) is 25.2 Å². The van der Waals surface area contributed by atoms with Crippen molar-refractivity contribution in [1.82, 2.24) is 10.2 Å². The van der Waals surface area contributed by atoms with Crippen LogP contribution < -0.4 is 5.32 Å². The molecule has 0 amide bonds. The summed E-state index contributed by atoms with van der Waals surface area (Å²) in [6.07, 6.45) is 2.08. The molecule has 1 saturated heterocycles. The minimum atomic E-state index is -0.672. The number of nitrogens with zero attached hydrogens (tertiary/aromatic N) is 1. The SMILES string of the molecule is CC1(C(C)(C(=O)O)N2CCNCC2)CC1. The van der Waals surface area contributed by atoms with E-state index in [9.17, 15) is 9.90 Å². The zero-order chi connectivity index (χ0) is 11.1. The highest BCUT2D eigenvalue weighted by molar-refractivity contribution is 5.80. The van der Waals surface area contributed by atoms with E-state index in [2.05, 4.69) is 17.1 Å². The van der Waals surface area contributed by atoms with Crippen LogP contribution in [0, 0.1) is 5.41 Å². The van der Waals surface area contributed by atoms with Crippen LogP contribution in [-0.2, 0) is 4.79 Å². The Labute approximate surface area is 90.6 Å². The Morgan fingerprint density at radius 3 is 2.33 bits per heavy atom. The number of carbonyl (C=O) groups is 1. The van der Waals surface area contributed by atoms with E-state index in [0.29, 0.717) is 0 Å². The second-order valence-corrected chi connectivity index (χ2v) is 5.18. The third-order valence-electron chi connectivity index (χ3n) is 4.34. The maximum atomic E-state index is 11.5. The van der Waals surface area contributed by atoms with Crippen molar-refractivity contribution >= 4 is 5.97 Å². The number of carboxylic acids is 1. The van der Waals surface area contributed by atoms with E-state index >= 15 is 0 Å². The first-order valence-electron chi connectivity index (χ1n) is 5.70. The van der Waals surface area contributed by atoms with Crippen molar-refractivity contribution in [1.29, 1.82) is 0 Å². The van der Waals surface area contributed by atoms with Crippen LogP contribution in [0.25, 0.3) is 0 Å². The van der Waals surface area contributed by atoms with Gasteiger partial charge >= 0.3 is 5.97 Å². The zero-order valence-electron chi connectivity index (χ0n) is 9.55. The molecule has 15 heavy (non-hydrogen) atoms. The summed E-state index contributed by atoms with van der Waals surface area (Å²) in [5, 5.41) is 12.8. The van der Waals surface area contributed by atoms with Crippen LogP contribution in [0.15, 0.2) is 0 Å². The smallest absolute Gasteiger partial charge is 0.324 e.